The molecule has 1 saturated carbocycles. The van der Waals surface area contributed by atoms with Gasteiger partial charge in [-0.1, -0.05) is 41.4 Å². The Balaban J connectivity index is 1.72. The summed E-state index contributed by atoms with van der Waals surface area (Å²) in [5.41, 5.74) is -0.994. The first-order chi connectivity index (χ1) is 16.5. The van der Waals surface area contributed by atoms with Crippen LogP contribution in [0.25, 0.3) is 0 Å². The number of anilines is 2. The monoisotopic (exact) mass is 502 g/mol. The van der Waals surface area contributed by atoms with Crippen LogP contribution >= 0.6 is 11.6 Å². The van der Waals surface area contributed by atoms with E-state index in [0.717, 1.165) is 24.1 Å². The third kappa shape index (κ3) is 3.72. The van der Waals surface area contributed by atoms with Crippen molar-refractivity contribution >= 4 is 29.0 Å². The van der Waals surface area contributed by atoms with Crippen LogP contribution in [0, 0.1) is 6.92 Å². The lowest BCUT2D eigenvalue weighted by Gasteiger charge is -2.52. The summed E-state index contributed by atoms with van der Waals surface area (Å²) in [6, 6.07) is 18.5. The molecular formula is C26H22ClF3N2O3. The molecule has 1 saturated heterocycles. The highest BCUT2D eigenvalue weighted by Crippen LogP contribution is 2.59. The highest BCUT2D eigenvalue weighted by atomic mass is 35.5. The van der Waals surface area contributed by atoms with Crippen molar-refractivity contribution in [2.45, 2.75) is 43.8 Å². The van der Waals surface area contributed by atoms with E-state index < -0.39 is 29.4 Å². The number of rotatable bonds is 4. The van der Waals surface area contributed by atoms with Gasteiger partial charge in [-0.25, -0.2) is 4.79 Å². The molecule has 1 aliphatic heterocycles. The lowest BCUT2D eigenvalue weighted by molar-refractivity contribution is -0.274. The smallest absolute Gasteiger partial charge is 0.406 e. The molecule has 9 heteroatoms. The topological polar surface area (TPSA) is 53.0 Å². The maximum atomic E-state index is 14.0. The number of hydrogen-bond donors (Lipinski definition) is 1. The molecule has 3 aromatic carbocycles. The number of alkyl halides is 3. The van der Waals surface area contributed by atoms with E-state index in [9.17, 15) is 23.1 Å². The summed E-state index contributed by atoms with van der Waals surface area (Å²) in [6.07, 6.45) is -3.25. The van der Waals surface area contributed by atoms with Crippen molar-refractivity contribution < 1.29 is 27.8 Å². The molecule has 3 aromatic rings. The van der Waals surface area contributed by atoms with Crippen molar-refractivity contribution in [1.82, 2.24) is 0 Å². The van der Waals surface area contributed by atoms with E-state index in [0.29, 0.717) is 29.2 Å². The zero-order valence-corrected chi connectivity index (χ0v) is 19.5. The third-order valence-electron chi connectivity index (χ3n) is 6.81. The van der Waals surface area contributed by atoms with Crippen molar-refractivity contribution in [1.29, 1.82) is 0 Å². The summed E-state index contributed by atoms with van der Waals surface area (Å²) < 4.78 is 43.0. The molecule has 1 heterocycles. The lowest BCUT2D eigenvalue weighted by Crippen LogP contribution is -2.63. The number of amides is 2. The summed E-state index contributed by atoms with van der Waals surface area (Å²) >= 11 is 6.06. The fraction of sp³-hybridized carbons (Fsp3) is 0.269. The average molecular weight is 503 g/mol. The van der Waals surface area contributed by atoms with Gasteiger partial charge in [-0.2, -0.15) is 0 Å². The zero-order chi connectivity index (χ0) is 25.0. The quantitative estimate of drug-likeness (QED) is 0.429. The molecule has 1 unspecified atom stereocenters. The van der Waals surface area contributed by atoms with Crippen molar-refractivity contribution in [2.75, 3.05) is 9.80 Å². The van der Waals surface area contributed by atoms with E-state index in [2.05, 4.69) is 4.74 Å². The number of carbonyl (C=O) groups is 1. The molecule has 2 fully saturated rings. The zero-order valence-electron chi connectivity index (χ0n) is 18.7. The van der Waals surface area contributed by atoms with E-state index >= 15 is 0 Å². The largest absolute Gasteiger partial charge is 0.573 e. The van der Waals surface area contributed by atoms with Crippen molar-refractivity contribution in [3.05, 3.63) is 88.9 Å². The van der Waals surface area contributed by atoms with Gasteiger partial charge in [-0.3, -0.25) is 9.80 Å². The van der Waals surface area contributed by atoms with Crippen molar-refractivity contribution in [3.63, 3.8) is 0 Å². The molecule has 0 radical (unpaired) electrons. The Morgan fingerprint density at radius 3 is 2.11 bits per heavy atom. The fourth-order valence-electron chi connectivity index (χ4n) is 5.12. The summed E-state index contributed by atoms with van der Waals surface area (Å²) in [5, 5.41) is 12.9. The molecule has 5 nitrogen and oxygen atoms in total. The van der Waals surface area contributed by atoms with Crippen LogP contribution in [-0.2, 0) is 5.72 Å². The SMILES string of the molecule is Cc1ccc(N2C(=O)N(c3ccc(Cl)cc3)C(O)(c3cccc(OC(F)(F)F)c3)C23CCC3)cc1. The maximum Gasteiger partial charge on any atom is 0.573 e. The van der Waals surface area contributed by atoms with Gasteiger partial charge in [0, 0.05) is 22.0 Å². The molecule has 2 amide bonds. The second-order valence-corrected chi connectivity index (χ2v) is 9.33. The number of nitrogens with zero attached hydrogens (tertiary/aromatic N) is 2. The van der Waals surface area contributed by atoms with Gasteiger partial charge in [0.05, 0.1) is 0 Å². The van der Waals surface area contributed by atoms with Gasteiger partial charge in [0.15, 0.2) is 5.72 Å². The van der Waals surface area contributed by atoms with Crippen LogP contribution in [0.5, 0.6) is 5.75 Å². The second-order valence-electron chi connectivity index (χ2n) is 8.90. The van der Waals surface area contributed by atoms with Crippen LogP contribution in [0.4, 0.5) is 29.3 Å². The van der Waals surface area contributed by atoms with E-state index in [1.165, 1.54) is 17.0 Å². The summed E-state index contributed by atoms with van der Waals surface area (Å²) in [7, 11) is 0. The molecule has 35 heavy (non-hydrogen) atoms. The maximum absolute atomic E-state index is 14.0. The normalized spacial score (nSPS) is 21.4. The Bertz CT molecular complexity index is 1260. The highest BCUT2D eigenvalue weighted by molar-refractivity contribution is 6.30. The molecule has 1 aliphatic carbocycles. The Morgan fingerprint density at radius 1 is 0.943 bits per heavy atom. The Labute approximate surface area is 205 Å². The minimum Gasteiger partial charge on any atom is -0.406 e. The number of urea groups is 1. The van der Waals surface area contributed by atoms with Gasteiger partial charge in [-0.05, 0) is 74.7 Å². The molecule has 5 rings (SSSR count). The minimum atomic E-state index is -4.90. The number of halogens is 4. The van der Waals surface area contributed by atoms with Crippen LogP contribution < -0.4 is 14.5 Å². The number of benzene rings is 3. The van der Waals surface area contributed by atoms with Gasteiger partial charge in [-0.15, -0.1) is 13.2 Å². The van der Waals surface area contributed by atoms with Gasteiger partial charge in [0.1, 0.15) is 11.3 Å². The first-order valence-electron chi connectivity index (χ1n) is 11.1. The number of aliphatic hydroxyl groups is 1. The molecular weight excluding hydrogens is 481 g/mol. The van der Waals surface area contributed by atoms with E-state index in [1.54, 1.807) is 29.2 Å². The highest BCUT2D eigenvalue weighted by Gasteiger charge is 2.70. The van der Waals surface area contributed by atoms with Gasteiger partial charge in [0.25, 0.3) is 0 Å². The molecule has 0 aromatic heterocycles. The molecule has 2 aliphatic rings. The minimum absolute atomic E-state index is 0.122. The number of ether oxygens (including phenoxy) is 1. The van der Waals surface area contributed by atoms with Crippen LogP contribution in [-0.4, -0.2) is 23.0 Å². The lowest BCUT2D eigenvalue weighted by atomic mass is 9.66. The van der Waals surface area contributed by atoms with Crippen LogP contribution in [0.3, 0.4) is 0 Å². The molecule has 182 valence electrons. The third-order valence-corrected chi connectivity index (χ3v) is 7.06. The predicted octanol–water partition coefficient (Wildman–Crippen LogP) is 6.76. The van der Waals surface area contributed by atoms with E-state index in [1.807, 2.05) is 31.2 Å². The summed E-state index contributed by atoms with van der Waals surface area (Å²) in [6.45, 7) is 1.93. The van der Waals surface area contributed by atoms with Crippen LogP contribution in [0.15, 0.2) is 72.8 Å². The Morgan fingerprint density at radius 2 is 1.54 bits per heavy atom. The first-order valence-corrected chi connectivity index (χ1v) is 11.5. The van der Waals surface area contributed by atoms with Gasteiger partial charge in [0.2, 0.25) is 0 Å². The number of hydrogen-bond acceptors (Lipinski definition) is 3. The Kier molecular flexibility index (Phi) is 5.49. The average Bonchev–Trinajstić information content (AvgIpc) is 2.99. The standard InChI is InChI=1S/C26H22ClF3N2O3/c1-17-6-10-20(11-7-17)31-23(33)32(21-12-8-19(27)9-13-21)25(34,24(31)14-3-15-24)18-4-2-5-22(16-18)35-26(28,29)30/h2,4-13,16,34H,3,14-15H2,1H3. The summed E-state index contributed by atoms with van der Waals surface area (Å²) in [5.74, 6) is -0.477. The molecule has 1 atom stereocenters. The second kappa shape index (κ2) is 8.17. The van der Waals surface area contributed by atoms with Gasteiger partial charge >= 0.3 is 12.4 Å². The van der Waals surface area contributed by atoms with E-state index in [4.69, 9.17) is 11.6 Å². The summed E-state index contributed by atoms with van der Waals surface area (Å²) in [4.78, 5) is 16.9. The van der Waals surface area contributed by atoms with Crippen LogP contribution in [0.2, 0.25) is 5.02 Å². The molecule has 1 spiro atoms. The van der Waals surface area contributed by atoms with Crippen molar-refractivity contribution in [3.8, 4) is 5.75 Å². The fourth-order valence-corrected chi connectivity index (χ4v) is 5.24. The molecule has 1 N–H and O–H groups in total. The first kappa shape index (κ1) is 23.5. The predicted molar refractivity (Wildman–Crippen MR) is 127 cm³/mol. The number of carbonyl (C=O) groups excluding carboxylic acids is 1. The molecule has 0 bridgehead atoms. The van der Waals surface area contributed by atoms with Crippen molar-refractivity contribution in [2.24, 2.45) is 0 Å². The van der Waals surface area contributed by atoms with Gasteiger partial charge < -0.3 is 9.84 Å². The van der Waals surface area contributed by atoms with Crippen LogP contribution in [0.1, 0.15) is 30.4 Å². The number of aryl methyl sites for hydroxylation is 1. The Hall–Kier alpha value is -3.23. The van der Waals surface area contributed by atoms with E-state index in [-0.39, 0.29) is 5.56 Å².